The fraction of sp³-hybridized carbons (Fsp3) is 0.278. The van der Waals surface area contributed by atoms with Crippen molar-refractivity contribution in [2.24, 2.45) is 0 Å². The molecule has 0 atom stereocenters. The van der Waals surface area contributed by atoms with Crippen LogP contribution in [0.2, 0.25) is 5.02 Å². The minimum atomic E-state index is -0.252. The first-order chi connectivity index (χ1) is 11.0. The maximum Gasteiger partial charge on any atom is 0.319 e. The Kier molecular flexibility index (Phi) is 5.88. The number of ether oxygens (including phenoxy) is 1. The van der Waals surface area contributed by atoms with Crippen molar-refractivity contribution >= 4 is 23.3 Å². The first kappa shape index (κ1) is 17.2. The quantitative estimate of drug-likeness (QED) is 0.794. The molecule has 0 spiro atoms. The molecular formula is C18H21ClN2O2. The molecular weight excluding hydrogens is 312 g/mol. The largest absolute Gasteiger partial charge is 0.490 e. The number of urea groups is 1. The average Bonchev–Trinajstić information content (AvgIpc) is 2.50. The van der Waals surface area contributed by atoms with Crippen LogP contribution >= 0.6 is 11.6 Å². The summed E-state index contributed by atoms with van der Waals surface area (Å²) >= 11 is 6.05. The van der Waals surface area contributed by atoms with E-state index in [9.17, 15) is 4.79 Å². The Morgan fingerprint density at radius 3 is 2.57 bits per heavy atom. The van der Waals surface area contributed by atoms with E-state index in [0.29, 0.717) is 23.9 Å². The summed E-state index contributed by atoms with van der Waals surface area (Å²) in [7, 11) is 0. The summed E-state index contributed by atoms with van der Waals surface area (Å²) in [6, 6.07) is 11.3. The zero-order valence-electron chi connectivity index (χ0n) is 13.6. The highest BCUT2D eigenvalue weighted by Gasteiger charge is 2.05. The van der Waals surface area contributed by atoms with E-state index in [0.717, 1.165) is 22.4 Å². The minimum absolute atomic E-state index is 0.252. The molecule has 0 aliphatic rings. The Balaban J connectivity index is 1.79. The molecule has 5 heteroatoms. The maximum atomic E-state index is 11.9. The molecule has 2 rings (SSSR count). The van der Waals surface area contributed by atoms with Gasteiger partial charge in [-0.15, -0.1) is 0 Å². The summed E-state index contributed by atoms with van der Waals surface area (Å²) in [4.78, 5) is 11.9. The van der Waals surface area contributed by atoms with Gasteiger partial charge in [0.2, 0.25) is 0 Å². The van der Waals surface area contributed by atoms with Crippen LogP contribution in [0.1, 0.15) is 16.7 Å². The van der Waals surface area contributed by atoms with E-state index in [1.165, 1.54) is 0 Å². The second-order valence-corrected chi connectivity index (χ2v) is 5.89. The van der Waals surface area contributed by atoms with E-state index in [1.807, 2.05) is 51.1 Å². The summed E-state index contributed by atoms with van der Waals surface area (Å²) in [5.74, 6) is 0.628. The number of halogens is 1. The molecule has 2 N–H and O–H groups in total. The molecule has 2 aromatic rings. The minimum Gasteiger partial charge on any atom is -0.490 e. The van der Waals surface area contributed by atoms with E-state index >= 15 is 0 Å². The average molecular weight is 333 g/mol. The van der Waals surface area contributed by atoms with Gasteiger partial charge in [-0.05, 0) is 55.7 Å². The third-order valence-electron chi connectivity index (χ3n) is 3.37. The van der Waals surface area contributed by atoms with Gasteiger partial charge in [0, 0.05) is 5.69 Å². The van der Waals surface area contributed by atoms with Gasteiger partial charge in [0.25, 0.3) is 0 Å². The zero-order valence-corrected chi connectivity index (χ0v) is 14.3. The molecule has 0 heterocycles. The normalized spacial score (nSPS) is 10.3. The lowest BCUT2D eigenvalue weighted by atomic mass is 10.1. The van der Waals surface area contributed by atoms with E-state index in [2.05, 4.69) is 10.6 Å². The smallest absolute Gasteiger partial charge is 0.319 e. The summed E-state index contributed by atoms with van der Waals surface area (Å²) in [6.07, 6.45) is 0. The Morgan fingerprint density at radius 1 is 1.09 bits per heavy atom. The van der Waals surface area contributed by atoms with Crippen molar-refractivity contribution < 1.29 is 9.53 Å². The predicted molar refractivity (Wildman–Crippen MR) is 94.6 cm³/mol. The van der Waals surface area contributed by atoms with Crippen LogP contribution in [0.3, 0.4) is 0 Å². The Hall–Kier alpha value is -2.20. The van der Waals surface area contributed by atoms with E-state index in [1.54, 1.807) is 6.07 Å². The van der Waals surface area contributed by atoms with Crippen LogP contribution in [0, 0.1) is 20.8 Å². The number of hydrogen-bond donors (Lipinski definition) is 2. The Morgan fingerprint density at radius 2 is 1.78 bits per heavy atom. The van der Waals surface area contributed by atoms with Gasteiger partial charge in [-0.3, -0.25) is 0 Å². The van der Waals surface area contributed by atoms with Gasteiger partial charge >= 0.3 is 6.03 Å². The van der Waals surface area contributed by atoms with Crippen molar-refractivity contribution in [3.63, 3.8) is 0 Å². The van der Waals surface area contributed by atoms with Gasteiger partial charge in [0.15, 0.2) is 0 Å². The van der Waals surface area contributed by atoms with Gasteiger partial charge in [0.1, 0.15) is 12.4 Å². The number of hydrogen-bond acceptors (Lipinski definition) is 2. The van der Waals surface area contributed by atoms with Crippen molar-refractivity contribution in [3.8, 4) is 5.75 Å². The standard InChI is InChI=1S/C18H21ClN2O2/c1-12-4-6-14(3)16(10-12)21-18(22)20-8-9-23-17-11-13(2)5-7-15(17)19/h4-7,10-11H,8-9H2,1-3H3,(H2,20,21,22). The SMILES string of the molecule is Cc1ccc(C)c(NC(=O)NCCOc2cc(C)ccc2Cl)c1. The van der Waals surface area contributed by atoms with Crippen molar-refractivity contribution in [2.75, 3.05) is 18.5 Å². The molecule has 0 bridgehead atoms. The number of benzene rings is 2. The highest BCUT2D eigenvalue weighted by Crippen LogP contribution is 2.24. The van der Waals surface area contributed by atoms with Gasteiger partial charge < -0.3 is 15.4 Å². The number of aryl methyl sites for hydroxylation is 3. The van der Waals surface area contributed by atoms with Crippen LogP contribution in [-0.2, 0) is 0 Å². The second-order valence-electron chi connectivity index (χ2n) is 5.48. The fourth-order valence-electron chi connectivity index (χ4n) is 2.08. The molecule has 0 fully saturated rings. The van der Waals surface area contributed by atoms with Crippen LogP contribution in [-0.4, -0.2) is 19.2 Å². The van der Waals surface area contributed by atoms with E-state index < -0.39 is 0 Å². The molecule has 2 aromatic carbocycles. The van der Waals surface area contributed by atoms with Gasteiger partial charge in [0.05, 0.1) is 11.6 Å². The molecule has 0 unspecified atom stereocenters. The molecule has 0 saturated heterocycles. The maximum absolute atomic E-state index is 11.9. The van der Waals surface area contributed by atoms with Gasteiger partial charge in [-0.2, -0.15) is 0 Å². The van der Waals surface area contributed by atoms with Crippen LogP contribution in [0.4, 0.5) is 10.5 Å². The summed E-state index contributed by atoms with van der Waals surface area (Å²) in [5.41, 5.74) is 4.01. The third-order valence-corrected chi connectivity index (χ3v) is 3.69. The molecule has 0 aliphatic heterocycles. The van der Waals surface area contributed by atoms with Crippen LogP contribution < -0.4 is 15.4 Å². The molecule has 122 valence electrons. The number of carbonyl (C=O) groups is 1. The topological polar surface area (TPSA) is 50.4 Å². The van der Waals surface area contributed by atoms with Gasteiger partial charge in [-0.1, -0.05) is 29.8 Å². The van der Waals surface area contributed by atoms with Crippen LogP contribution in [0.15, 0.2) is 36.4 Å². The first-order valence-corrected chi connectivity index (χ1v) is 7.84. The summed E-state index contributed by atoms with van der Waals surface area (Å²) in [5, 5.41) is 6.17. The van der Waals surface area contributed by atoms with E-state index in [4.69, 9.17) is 16.3 Å². The molecule has 4 nitrogen and oxygen atoms in total. The van der Waals surface area contributed by atoms with Crippen molar-refractivity contribution in [1.82, 2.24) is 5.32 Å². The van der Waals surface area contributed by atoms with Crippen LogP contribution in [0.5, 0.6) is 5.75 Å². The van der Waals surface area contributed by atoms with E-state index in [-0.39, 0.29) is 6.03 Å². The number of carbonyl (C=O) groups excluding carboxylic acids is 1. The Bertz CT molecular complexity index is 701. The zero-order chi connectivity index (χ0) is 16.8. The number of amides is 2. The molecule has 0 radical (unpaired) electrons. The lowest BCUT2D eigenvalue weighted by molar-refractivity contribution is 0.247. The summed E-state index contributed by atoms with van der Waals surface area (Å²) in [6.45, 7) is 6.66. The number of anilines is 1. The predicted octanol–water partition coefficient (Wildman–Crippen LogP) is 4.47. The lowest BCUT2D eigenvalue weighted by Crippen LogP contribution is -2.32. The highest BCUT2D eigenvalue weighted by molar-refractivity contribution is 6.32. The van der Waals surface area contributed by atoms with Crippen molar-refractivity contribution in [2.45, 2.75) is 20.8 Å². The lowest BCUT2D eigenvalue weighted by Gasteiger charge is -2.12. The van der Waals surface area contributed by atoms with Crippen molar-refractivity contribution in [1.29, 1.82) is 0 Å². The fourth-order valence-corrected chi connectivity index (χ4v) is 2.26. The third kappa shape index (κ3) is 5.18. The van der Waals surface area contributed by atoms with Crippen LogP contribution in [0.25, 0.3) is 0 Å². The number of rotatable bonds is 5. The molecule has 0 saturated carbocycles. The first-order valence-electron chi connectivity index (χ1n) is 7.47. The molecule has 2 amide bonds. The molecule has 0 aliphatic carbocycles. The molecule has 23 heavy (non-hydrogen) atoms. The van der Waals surface area contributed by atoms with Crippen molar-refractivity contribution in [3.05, 3.63) is 58.1 Å². The highest BCUT2D eigenvalue weighted by atomic mass is 35.5. The second kappa shape index (κ2) is 7.88. The molecule has 0 aromatic heterocycles. The van der Waals surface area contributed by atoms with Gasteiger partial charge in [-0.25, -0.2) is 4.79 Å². The monoisotopic (exact) mass is 332 g/mol. The summed E-state index contributed by atoms with van der Waals surface area (Å²) < 4.78 is 5.59. The Labute approximate surface area is 141 Å². The number of nitrogens with one attached hydrogen (secondary N) is 2.